The molecule has 112 valence electrons. The first-order valence-electron chi connectivity index (χ1n) is 6.98. The zero-order chi connectivity index (χ0) is 15.2. The number of methoxy groups -OCH3 is 1. The van der Waals surface area contributed by atoms with E-state index in [-0.39, 0.29) is 12.1 Å². The topological polar surface area (TPSA) is 47.6 Å². The molecule has 4 nitrogen and oxygen atoms in total. The average Bonchev–Trinajstić information content (AvgIpc) is 2.46. The summed E-state index contributed by atoms with van der Waals surface area (Å²) in [6.07, 6.45) is 1.41. The van der Waals surface area contributed by atoms with Gasteiger partial charge in [-0.05, 0) is 45.0 Å². The van der Waals surface area contributed by atoms with E-state index in [4.69, 9.17) is 9.47 Å². The molecule has 0 heterocycles. The van der Waals surface area contributed by atoms with E-state index in [9.17, 15) is 4.79 Å². The number of esters is 1. The van der Waals surface area contributed by atoms with Crippen LogP contribution in [0.15, 0.2) is 24.3 Å². The Kier molecular flexibility index (Phi) is 6.02. The Bertz CT molecular complexity index is 447. The SMILES string of the molecule is CCc1cccc(OC(C)CC(C)(NC)C(=O)OC)c1. The van der Waals surface area contributed by atoms with Crippen molar-refractivity contribution in [3.63, 3.8) is 0 Å². The summed E-state index contributed by atoms with van der Waals surface area (Å²) >= 11 is 0. The molecule has 0 radical (unpaired) electrons. The third kappa shape index (κ3) is 4.23. The molecule has 1 aromatic rings. The number of nitrogens with one attached hydrogen (secondary N) is 1. The van der Waals surface area contributed by atoms with Crippen molar-refractivity contribution in [1.82, 2.24) is 5.32 Å². The smallest absolute Gasteiger partial charge is 0.325 e. The van der Waals surface area contributed by atoms with Gasteiger partial charge in [-0.25, -0.2) is 0 Å². The minimum absolute atomic E-state index is 0.0985. The highest BCUT2D eigenvalue weighted by Gasteiger charge is 2.34. The first kappa shape index (κ1) is 16.5. The van der Waals surface area contributed by atoms with Gasteiger partial charge in [0.25, 0.3) is 0 Å². The summed E-state index contributed by atoms with van der Waals surface area (Å²) in [5.74, 6) is 0.554. The monoisotopic (exact) mass is 279 g/mol. The van der Waals surface area contributed by atoms with Crippen LogP contribution in [-0.4, -0.2) is 31.8 Å². The molecule has 1 rings (SSSR count). The first-order chi connectivity index (χ1) is 9.45. The summed E-state index contributed by atoms with van der Waals surface area (Å²) in [6.45, 7) is 5.89. The fraction of sp³-hybridized carbons (Fsp3) is 0.562. The Balaban J connectivity index is 2.70. The van der Waals surface area contributed by atoms with Crippen molar-refractivity contribution < 1.29 is 14.3 Å². The fourth-order valence-electron chi connectivity index (χ4n) is 2.20. The van der Waals surface area contributed by atoms with Gasteiger partial charge in [-0.1, -0.05) is 19.1 Å². The number of ether oxygens (including phenoxy) is 2. The summed E-state index contributed by atoms with van der Waals surface area (Å²) in [5, 5.41) is 3.01. The highest BCUT2D eigenvalue weighted by molar-refractivity contribution is 5.80. The minimum Gasteiger partial charge on any atom is -0.491 e. The quantitative estimate of drug-likeness (QED) is 0.779. The number of carbonyl (C=O) groups excluding carboxylic acids is 1. The molecule has 0 aliphatic heterocycles. The number of hydrogen-bond acceptors (Lipinski definition) is 4. The van der Waals surface area contributed by atoms with Gasteiger partial charge in [0.05, 0.1) is 13.2 Å². The predicted octanol–water partition coefficient (Wildman–Crippen LogP) is 2.56. The fourth-order valence-corrected chi connectivity index (χ4v) is 2.20. The van der Waals surface area contributed by atoms with Gasteiger partial charge in [-0.3, -0.25) is 4.79 Å². The van der Waals surface area contributed by atoms with Gasteiger partial charge in [0, 0.05) is 6.42 Å². The predicted molar refractivity (Wildman–Crippen MR) is 80.0 cm³/mol. The van der Waals surface area contributed by atoms with Gasteiger partial charge < -0.3 is 14.8 Å². The Labute approximate surface area is 121 Å². The number of rotatable bonds is 7. The third-order valence-corrected chi connectivity index (χ3v) is 3.53. The first-order valence-corrected chi connectivity index (χ1v) is 6.98. The maximum Gasteiger partial charge on any atom is 0.325 e. The van der Waals surface area contributed by atoms with E-state index in [0.29, 0.717) is 6.42 Å². The van der Waals surface area contributed by atoms with E-state index in [1.165, 1.54) is 12.7 Å². The number of benzene rings is 1. The van der Waals surface area contributed by atoms with Crippen molar-refractivity contribution in [2.45, 2.75) is 45.3 Å². The van der Waals surface area contributed by atoms with Gasteiger partial charge >= 0.3 is 5.97 Å². The summed E-state index contributed by atoms with van der Waals surface area (Å²) < 4.78 is 10.7. The van der Waals surface area contributed by atoms with Gasteiger partial charge in [-0.2, -0.15) is 0 Å². The molecule has 0 fully saturated rings. The lowest BCUT2D eigenvalue weighted by Gasteiger charge is -2.29. The molecule has 1 aromatic carbocycles. The van der Waals surface area contributed by atoms with Gasteiger partial charge in [-0.15, -0.1) is 0 Å². The molecular weight excluding hydrogens is 254 g/mol. The van der Waals surface area contributed by atoms with Crippen LogP contribution in [-0.2, 0) is 16.0 Å². The molecular formula is C16H25NO3. The molecule has 0 bridgehead atoms. The molecule has 2 unspecified atom stereocenters. The second kappa shape index (κ2) is 7.29. The highest BCUT2D eigenvalue weighted by Crippen LogP contribution is 2.20. The van der Waals surface area contributed by atoms with Gasteiger partial charge in [0.1, 0.15) is 11.3 Å². The normalized spacial score (nSPS) is 15.2. The zero-order valence-corrected chi connectivity index (χ0v) is 13.0. The van der Waals surface area contributed by atoms with Crippen molar-refractivity contribution in [3.8, 4) is 5.75 Å². The lowest BCUT2D eigenvalue weighted by Crippen LogP contribution is -2.50. The molecule has 20 heavy (non-hydrogen) atoms. The van der Waals surface area contributed by atoms with E-state index in [1.54, 1.807) is 7.05 Å². The highest BCUT2D eigenvalue weighted by atomic mass is 16.5. The lowest BCUT2D eigenvalue weighted by molar-refractivity contribution is -0.148. The van der Waals surface area contributed by atoms with Crippen LogP contribution < -0.4 is 10.1 Å². The molecule has 0 amide bonds. The second-order valence-corrected chi connectivity index (χ2v) is 5.21. The largest absolute Gasteiger partial charge is 0.491 e. The minimum atomic E-state index is -0.740. The molecule has 0 saturated heterocycles. The maximum absolute atomic E-state index is 11.8. The van der Waals surface area contributed by atoms with Crippen LogP contribution >= 0.6 is 0 Å². The van der Waals surface area contributed by atoms with Crippen LogP contribution in [0.4, 0.5) is 0 Å². The standard InChI is InChI=1S/C16H25NO3/c1-6-13-8-7-9-14(10-13)20-12(2)11-16(3,17-4)15(18)19-5/h7-10,12,17H,6,11H2,1-5H3. The van der Waals surface area contributed by atoms with E-state index in [0.717, 1.165) is 12.2 Å². The van der Waals surface area contributed by atoms with Crippen molar-refractivity contribution in [3.05, 3.63) is 29.8 Å². The molecule has 0 saturated carbocycles. The molecule has 0 spiro atoms. The molecule has 2 atom stereocenters. The summed E-state index contributed by atoms with van der Waals surface area (Å²) in [6, 6.07) is 8.03. The summed E-state index contributed by atoms with van der Waals surface area (Å²) in [4.78, 5) is 11.8. The Morgan fingerprint density at radius 1 is 1.45 bits per heavy atom. The van der Waals surface area contributed by atoms with Crippen molar-refractivity contribution in [2.75, 3.05) is 14.2 Å². The Morgan fingerprint density at radius 2 is 2.15 bits per heavy atom. The van der Waals surface area contributed by atoms with Crippen molar-refractivity contribution in [2.24, 2.45) is 0 Å². The van der Waals surface area contributed by atoms with Crippen LogP contribution in [0.2, 0.25) is 0 Å². The number of hydrogen-bond donors (Lipinski definition) is 1. The Morgan fingerprint density at radius 3 is 2.70 bits per heavy atom. The summed E-state index contributed by atoms with van der Waals surface area (Å²) in [7, 11) is 3.15. The van der Waals surface area contributed by atoms with Crippen molar-refractivity contribution >= 4 is 5.97 Å². The Hall–Kier alpha value is -1.55. The van der Waals surface area contributed by atoms with Crippen molar-refractivity contribution in [1.29, 1.82) is 0 Å². The molecule has 4 heteroatoms. The van der Waals surface area contributed by atoms with E-state index in [2.05, 4.69) is 18.3 Å². The van der Waals surface area contributed by atoms with E-state index >= 15 is 0 Å². The van der Waals surface area contributed by atoms with Crippen LogP contribution in [0.1, 0.15) is 32.8 Å². The maximum atomic E-state index is 11.8. The van der Waals surface area contributed by atoms with Crippen LogP contribution in [0.25, 0.3) is 0 Å². The van der Waals surface area contributed by atoms with E-state index < -0.39 is 5.54 Å². The number of likely N-dealkylation sites (N-methyl/N-ethyl adjacent to an activating group) is 1. The molecule has 0 aliphatic carbocycles. The number of aryl methyl sites for hydroxylation is 1. The number of carbonyl (C=O) groups is 1. The lowest BCUT2D eigenvalue weighted by atomic mass is 9.95. The van der Waals surface area contributed by atoms with Crippen LogP contribution in [0, 0.1) is 0 Å². The average molecular weight is 279 g/mol. The molecule has 0 aromatic heterocycles. The molecule has 0 aliphatic rings. The molecule has 1 N–H and O–H groups in total. The van der Waals surface area contributed by atoms with Gasteiger partial charge in [0.2, 0.25) is 0 Å². The third-order valence-electron chi connectivity index (χ3n) is 3.53. The second-order valence-electron chi connectivity index (χ2n) is 5.21. The van der Waals surface area contributed by atoms with Crippen LogP contribution in [0.5, 0.6) is 5.75 Å². The van der Waals surface area contributed by atoms with E-state index in [1.807, 2.05) is 32.0 Å². The van der Waals surface area contributed by atoms with Gasteiger partial charge in [0.15, 0.2) is 0 Å². The van der Waals surface area contributed by atoms with Crippen LogP contribution in [0.3, 0.4) is 0 Å². The zero-order valence-electron chi connectivity index (χ0n) is 13.0. The summed E-state index contributed by atoms with van der Waals surface area (Å²) in [5.41, 5.74) is 0.496.